The van der Waals surface area contributed by atoms with Gasteiger partial charge in [0.15, 0.2) is 0 Å². The summed E-state index contributed by atoms with van der Waals surface area (Å²) >= 11 is 3.97. The van der Waals surface area contributed by atoms with E-state index in [1.807, 2.05) is 23.5 Å². The number of hydrogen-bond acceptors (Lipinski definition) is 3. The third-order valence-electron chi connectivity index (χ3n) is 3.28. The highest BCUT2D eigenvalue weighted by molar-refractivity contribution is 7.99. The first-order valence-electron chi connectivity index (χ1n) is 6.34. The first-order valence-corrected chi connectivity index (χ1v) is 8.61. The fraction of sp³-hybridized carbons (Fsp3) is 0.571. The van der Waals surface area contributed by atoms with Gasteiger partial charge in [-0.2, -0.15) is 11.8 Å². The number of thioether (sulfide) groups is 2. The van der Waals surface area contributed by atoms with Gasteiger partial charge in [0.2, 0.25) is 0 Å². The van der Waals surface area contributed by atoms with Crippen LogP contribution in [0.2, 0.25) is 0 Å². The Hall–Kier alpha value is -0.120. The minimum absolute atomic E-state index is 0.751. The maximum Gasteiger partial charge on any atom is 0.0198 e. The standard InChI is InChI=1S/C14H21NS2/c1-16-14-9-5-8-13(14)15-10-11-17-12-6-3-2-4-7-12/h2-4,6-7,13-15H,5,8-11H2,1H3. The average molecular weight is 267 g/mol. The molecule has 0 spiro atoms. The van der Waals surface area contributed by atoms with E-state index in [9.17, 15) is 0 Å². The first-order chi connectivity index (χ1) is 8.40. The molecule has 1 aliphatic carbocycles. The van der Waals surface area contributed by atoms with E-state index in [4.69, 9.17) is 0 Å². The van der Waals surface area contributed by atoms with E-state index in [-0.39, 0.29) is 0 Å². The summed E-state index contributed by atoms with van der Waals surface area (Å²) in [5.74, 6) is 1.17. The van der Waals surface area contributed by atoms with E-state index in [1.54, 1.807) is 0 Å². The zero-order chi connectivity index (χ0) is 11.9. The van der Waals surface area contributed by atoms with Crippen LogP contribution in [0.5, 0.6) is 0 Å². The van der Waals surface area contributed by atoms with Crippen LogP contribution >= 0.6 is 23.5 Å². The molecule has 1 fully saturated rings. The predicted molar refractivity (Wildman–Crippen MR) is 80.1 cm³/mol. The Labute approximate surface area is 113 Å². The molecule has 0 saturated heterocycles. The minimum atomic E-state index is 0.751. The summed E-state index contributed by atoms with van der Waals surface area (Å²) in [6.07, 6.45) is 6.39. The molecule has 0 aliphatic heterocycles. The van der Waals surface area contributed by atoms with Crippen LogP contribution in [0.4, 0.5) is 0 Å². The maximum absolute atomic E-state index is 3.71. The van der Waals surface area contributed by atoms with Crippen molar-refractivity contribution in [3.8, 4) is 0 Å². The van der Waals surface area contributed by atoms with E-state index in [0.29, 0.717) is 0 Å². The maximum atomic E-state index is 3.71. The second kappa shape index (κ2) is 7.34. The third-order valence-corrected chi connectivity index (χ3v) is 5.46. The van der Waals surface area contributed by atoms with Gasteiger partial charge in [-0.05, 0) is 31.2 Å². The van der Waals surface area contributed by atoms with Crippen molar-refractivity contribution in [2.24, 2.45) is 0 Å². The van der Waals surface area contributed by atoms with Crippen LogP contribution in [0.25, 0.3) is 0 Å². The summed E-state index contributed by atoms with van der Waals surface area (Å²) in [7, 11) is 0. The monoisotopic (exact) mass is 267 g/mol. The Bertz CT molecular complexity index is 315. The first kappa shape index (κ1) is 13.3. The van der Waals surface area contributed by atoms with Gasteiger partial charge < -0.3 is 5.32 Å². The molecule has 0 aromatic heterocycles. The van der Waals surface area contributed by atoms with Crippen LogP contribution in [0.1, 0.15) is 19.3 Å². The largest absolute Gasteiger partial charge is 0.312 e. The van der Waals surface area contributed by atoms with Gasteiger partial charge in [0.05, 0.1) is 0 Å². The highest BCUT2D eigenvalue weighted by Crippen LogP contribution is 2.28. The number of nitrogens with one attached hydrogen (secondary N) is 1. The highest BCUT2D eigenvalue weighted by Gasteiger charge is 2.25. The molecule has 0 bridgehead atoms. The van der Waals surface area contributed by atoms with Crippen molar-refractivity contribution in [1.29, 1.82) is 0 Å². The van der Waals surface area contributed by atoms with Gasteiger partial charge in [-0.15, -0.1) is 11.8 Å². The molecule has 2 unspecified atom stereocenters. The van der Waals surface area contributed by atoms with Gasteiger partial charge in [-0.25, -0.2) is 0 Å². The lowest BCUT2D eigenvalue weighted by Crippen LogP contribution is -2.35. The van der Waals surface area contributed by atoms with E-state index < -0.39 is 0 Å². The Kier molecular flexibility index (Phi) is 5.75. The van der Waals surface area contributed by atoms with Crippen LogP contribution in [0.15, 0.2) is 35.2 Å². The molecule has 17 heavy (non-hydrogen) atoms. The topological polar surface area (TPSA) is 12.0 Å². The van der Waals surface area contributed by atoms with Crippen molar-refractivity contribution >= 4 is 23.5 Å². The second-order valence-electron chi connectivity index (χ2n) is 4.43. The molecule has 1 N–H and O–H groups in total. The summed E-state index contributed by atoms with van der Waals surface area (Å²) in [5, 5.41) is 4.56. The van der Waals surface area contributed by atoms with E-state index in [1.165, 1.54) is 29.9 Å². The molecule has 2 atom stereocenters. The molecule has 94 valence electrons. The minimum Gasteiger partial charge on any atom is -0.312 e. The van der Waals surface area contributed by atoms with Crippen molar-refractivity contribution in [2.75, 3.05) is 18.6 Å². The van der Waals surface area contributed by atoms with Crippen molar-refractivity contribution in [1.82, 2.24) is 5.32 Å². The van der Waals surface area contributed by atoms with Gasteiger partial charge in [0.25, 0.3) is 0 Å². The number of hydrogen-bond donors (Lipinski definition) is 1. The summed E-state index contributed by atoms with van der Waals surface area (Å²) in [6.45, 7) is 1.13. The summed E-state index contributed by atoms with van der Waals surface area (Å²) in [5.41, 5.74) is 0. The molecule has 0 radical (unpaired) electrons. The second-order valence-corrected chi connectivity index (χ2v) is 6.67. The summed E-state index contributed by atoms with van der Waals surface area (Å²) < 4.78 is 0. The van der Waals surface area contributed by atoms with Crippen LogP contribution in [0.3, 0.4) is 0 Å². The van der Waals surface area contributed by atoms with Crippen LogP contribution < -0.4 is 5.32 Å². The lowest BCUT2D eigenvalue weighted by Gasteiger charge is -2.18. The van der Waals surface area contributed by atoms with Crippen LogP contribution in [-0.4, -0.2) is 29.8 Å². The van der Waals surface area contributed by atoms with E-state index in [2.05, 4.69) is 41.9 Å². The Morgan fingerprint density at radius 2 is 2.06 bits per heavy atom. The van der Waals surface area contributed by atoms with Gasteiger partial charge in [0, 0.05) is 28.5 Å². The van der Waals surface area contributed by atoms with Gasteiger partial charge >= 0.3 is 0 Å². The van der Waals surface area contributed by atoms with Crippen LogP contribution in [-0.2, 0) is 0 Å². The number of benzene rings is 1. The van der Waals surface area contributed by atoms with Crippen molar-refractivity contribution in [2.45, 2.75) is 35.4 Å². The lowest BCUT2D eigenvalue weighted by atomic mass is 10.2. The zero-order valence-electron chi connectivity index (χ0n) is 10.4. The number of rotatable bonds is 6. The molecule has 2 rings (SSSR count). The van der Waals surface area contributed by atoms with Crippen LogP contribution in [0, 0.1) is 0 Å². The molecule has 0 heterocycles. The summed E-state index contributed by atoms with van der Waals surface area (Å²) in [6, 6.07) is 11.4. The zero-order valence-corrected chi connectivity index (χ0v) is 12.0. The van der Waals surface area contributed by atoms with Gasteiger partial charge in [-0.1, -0.05) is 24.6 Å². The fourth-order valence-corrected chi connectivity index (χ4v) is 4.14. The SMILES string of the molecule is CSC1CCCC1NCCSc1ccccc1. The summed E-state index contributed by atoms with van der Waals surface area (Å²) in [4.78, 5) is 1.38. The smallest absolute Gasteiger partial charge is 0.0198 e. The quantitative estimate of drug-likeness (QED) is 0.624. The molecule has 1 saturated carbocycles. The van der Waals surface area contributed by atoms with Crippen molar-refractivity contribution < 1.29 is 0 Å². The van der Waals surface area contributed by atoms with Gasteiger partial charge in [0.1, 0.15) is 0 Å². The molecular weight excluding hydrogens is 246 g/mol. The van der Waals surface area contributed by atoms with E-state index in [0.717, 1.165) is 17.8 Å². The molecule has 1 aromatic rings. The molecule has 1 aliphatic rings. The van der Waals surface area contributed by atoms with E-state index >= 15 is 0 Å². The Balaban J connectivity index is 1.63. The van der Waals surface area contributed by atoms with Crippen molar-refractivity contribution in [3.63, 3.8) is 0 Å². The Morgan fingerprint density at radius 1 is 1.24 bits per heavy atom. The fourth-order valence-electron chi connectivity index (χ4n) is 2.37. The van der Waals surface area contributed by atoms with Crippen molar-refractivity contribution in [3.05, 3.63) is 30.3 Å². The molecule has 3 heteroatoms. The molecule has 1 aromatic carbocycles. The third kappa shape index (κ3) is 4.23. The predicted octanol–water partition coefficient (Wildman–Crippen LogP) is 3.65. The molecule has 1 nitrogen and oxygen atoms in total. The highest BCUT2D eigenvalue weighted by atomic mass is 32.2. The lowest BCUT2D eigenvalue weighted by molar-refractivity contribution is 0.554. The Morgan fingerprint density at radius 3 is 2.82 bits per heavy atom. The molecule has 0 amide bonds. The average Bonchev–Trinajstić information content (AvgIpc) is 2.83. The van der Waals surface area contributed by atoms with Gasteiger partial charge in [-0.3, -0.25) is 0 Å². The normalized spacial score (nSPS) is 24.1. The molecular formula is C14H21NS2.